The normalized spacial score (nSPS) is 25.5. The maximum Gasteiger partial charge on any atom is 0.219 e. The van der Waals surface area contributed by atoms with Crippen LogP contribution in [0.4, 0.5) is 0 Å². The average Bonchev–Trinajstić information content (AvgIpc) is 3.06. The lowest BCUT2D eigenvalue weighted by Gasteiger charge is -2.35. The molecule has 2 heterocycles. The van der Waals surface area contributed by atoms with Gasteiger partial charge in [-0.15, -0.1) is 0 Å². The Morgan fingerprint density at radius 2 is 1.76 bits per heavy atom. The third-order valence-electron chi connectivity index (χ3n) is 5.17. The number of rotatable bonds is 3. The Kier molecular flexibility index (Phi) is 4.42. The molecule has 130 valence electrons. The van der Waals surface area contributed by atoms with E-state index in [1.807, 2.05) is 47.4 Å². The molecular formula is C20H23N3O2. The van der Waals surface area contributed by atoms with Gasteiger partial charge in [0.2, 0.25) is 5.91 Å². The molecule has 2 aromatic rings. The molecule has 0 aromatic heterocycles. The number of nitrogens with zero attached hydrogens (tertiary/aromatic N) is 1. The zero-order valence-electron chi connectivity index (χ0n) is 14.3. The quantitative estimate of drug-likeness (QED) is 0.904. The van der Waals surface area contributed by atoms with Gasteiger partial charge >= 0.3 is 0 Å². The zero-order chi connectivity index (χ0) is 17.2. The molecule has 2 aromatic carbocycles. The third kappa shape index (κ3) is 3.38. The molecule has 0 radical (unpaired) electrons. The van der Waals surface area contributed by atoms with Crippen molar-refractivity contribution in [2.24, 2.45) is 5.92 Å². The molecule has 2 fully saturated rings. The van der Waals surface area contributed by atoms with Crippen LogP contribution in [0.15, 0.2) is 54.6 Å². The molecule has 0 spiro atoms. The number of carbonyl (C=O) groups is 1. The molecule has 5 heteroatoms. The number of ether oxygens (including phenoxy) is 1. The van der Waals surface area contributed by atoms with Gasteiger partial charge in [-0.25, -0.2) is 5.43 Å². The van der Waals surface area contributed by atoms with Gasteiger partial charge in [-0.1, -0.05) is 30.3 Å². The van der Waals surface area contributed by atoms with Crippen LogP contribution < -0.4 is 15.6 Å². The van der Waals surface area contributed by atoms with E-state index >= 15 is 0 Å². The molecule has 2 saturated heterocycles. The number of amides is 1. The lowest BCUT2D eigenvalue weighted by Crippen LogP contribution is -2.47. The van der Waals surface area contributed by atoms with Gasteiger partial charge in [0.15, 0.2) is 0 Å². The van der Waals surface area contributed by atoms with Crippen molar-refractivity contribution in [3.8, 4) is 11.5 Å². The Hall–Kier alpha value is -2.37. The lowest BCUT2D eigenvalue weighted by atomic mass is 9.85. The first-order valence-electron chi connectivity index (χ1n) is 8.80. The Morgan fingerprint density at radius 3 is 2.48 bits per heavy atom. The number of para-hydroxylation sites is 1. The van der Waals surface area contributed by atoms with Gasteiger partial charge in [0.1, 0.15) is 11.5 Å². The Labute approximate surface area is 148 Å². The smallest absolute Gasteiger partial charge is 0.219 e. The van der Waals surface area contributed by atoms with Crippen molar-refractivity contribution in [3.05, 3.63) is 60.2 Å². The van der Waals surface area contributed by atoms with Crippen molar-refractivity contribution in [2.75, 3.05) is 13.1 Å². The van der Waals surface area contributed by atoms with E-state index in [2.05, 4.69) is 23.0 Å². The highest BCUT2D eigenvalue weighted by molar-refractivity contribution is 5.73. The summed E-state index contributed by atoms with van der Waals surface area (Å²) in [5.74, 6) is 2.21. The van der Waals surface area contributed by atoms with E-state index < -0.39 is 0 Å². The summed E-state index contributed by atoms with van der Waals surface area (Å²) >= 11 is 0. The van der Waals surface area contributed by atoms with Crippen molar-refractivity contribution in [1.82, 2.24) is 15.8 Å². The SMILES string of the molecule is CC(=O)N1CCC2NNC(c3ccc(Oc4ccccc4)cc3)C2C1. The molecule has 0 saturated carbocycles. The second-order valence-corrected chi connectivity index (χ2v) is 6.77. The van der Waals surface area contributed by atoms with Gasteiger partial charge in [0.25, 0.3) is 0 Å². The molecule has 2 N–H and O–H groups in total. The van der Waals surface area contributed by atoms with Crippen LogP contribution in [0.2, 0.25) is 0 Å². The number of carbonyl (C=O) groups excluding carboxylic acids is 1. The summed E-state index contributed by atoms with van der Waals surface area (Å²) in [4.78, 5) is 13.7. The van der Waals surface area contributed by atoms with Crippen molar-refractivity contribution >= 4 is 5.91 Å². The molecule has 1 amide bonds. The van der Waals surface area contributed by atoms with E-state index in [9.17, 15) is 4.79 Å². The number of likely N-dealkylation sites (tertiary alicyclic amines) is 1. The summed E-state index contributed by atoms with van der Waals surface area (Å²) < 4.78 is 5.86. The van der Waals surface area contributed by atoms with E-state index in [1.165, 1.54) is 5.56 Å². The number of hydrogen-bond donors (Lipinski definition) is 2. The molecule has 3 atom stereocenters. The summed E-state index contributed by atoms with van der Waals surface area (Å²) in [6.07, 6.45) is 0.989. The van der Waals surface area contributed by atoms with Crippen molar-refractivity contribution < 1.29 is 9.53 Å². The topological polar surface area (TPSA) is 53.6 Å². The second-order valence-electron chi connectivity index (χ2n) is 6.77. The van der Waals surface area contributed by atoms with E-state index in [4.69, 9.17) is 4.74 Å². The van der Waals surface area contributed by atoms with Crippen LogP contribution in [0.3, 0.4) is 0 Å². The maximum atomic E-state index is 11.7. The number of fused-ring (bicyclic) bond motifs is 1. The van der Waals surface area contributed by atoms with Crippen LogP contribution in [-0.4, -0.2) is 29.9 Å². The van der Waals surface area contributed by atoms with Gasteiger partial charge in [-0.3, -0.25) is 10.2 Å². The molecule has 2 aliphatic heterocycles. The fraction of sp³-hybridized carbons (Fsp3) is 0.350. The third-order valence-corrected chi connectivity index (χ3v) is 5.17. The first-order valence-corrected chi connectivity index (χ1v) is 8.80. The Morgan fingerprint density at radius 1 is 1.04 bits per heavy atom. The van der Waals surface area contributed by atoms with Gasteiger partial charge in [-0.05, 0) is 36.2 Å². The molecular weight excluding hydrogens is 314 g/mol. The van der Waals surface area contributed by atoms with Gasteiger partial charge < -0.3 is 9.64 Å². The first-order chi connectivity index (χ1) is 12.2. The predicted octanol–water partition coefficient (Wildman–Crippen LogP) is 2.86. The number of nitrogens with one attached hydrogen (secondary N) is 2. The van der Waals surface area contributed by atoms with E-state index in [0.717, 1.165) is 31.0 Å². The fourth-order valence-electron chi connectivity index (χ4n) is 3.79. The lowest BCUT2D eigenvalue weighted by molar-refractivity contribution is -0.130. The van der Waals surface area contributed by atoms with Crippen molar-refractivity contribution in [2.45, 2.75) is 25.4 Å². The highest BCUT2D eigenvalue weighted by Crippen LogP contribution is 2.34. The van der Waals surface area contributed by atoms with E-state index in [1.54, 1.807) is 6.92 Å². The number of hydrogen-bond acceptors (Lipinski definition) is 4. The zero-order valence-corrected chi connectivity index (χ0v) is 14.3. The van der Waals surface area contributed by atoms with Gasteiger partial charge in [0.05, 0.1) is 6.04 Å². The molecule has 0 bridgehead atoms. The Balaban J connectivity index is 1.47. The number of hydrazine groups is 1. The highest BCUT2D eigenvalue weighted by Gasteiger charge is 2.40. The van der Waals surface area contributed by atoms with Crippen LogP contribution in [0.25, 0.3) is 0 Å². The van der Waals surface area contributed by atoms with Gasteiger partial charge in [-0.2, -0.15) is 0 Å². The highest BCUT2D eigenvalue weighted by atomic mass is 16.5. The average molecular weight is 337 g/mol. The minimum Gasteiger partial charge on any atom is -0.457 e. The first kappa shape index (κ1) is 16.1. The van der Waals surface area contributed by atoms with Crippen LogP contribution in [0.1, 0.15) is 24.9 Å². The minimum absolute atomic E-state index is 0.163. The second kappa shape index (κ2) is 6.86. The summed E-state index contributed by atoms with van der Waals surface area (Å²) in [6, 6.07) is 18.6. The fourth-order valence-corrected chi connectivity index (χ4v) is 3.79. The maximum absolute atomic E-state index is 11.7. The Bertz CT molecular complexity index is 732. The van der Waals surface area contributed by atoms with Crippen LogP contribution in [-0.2, 0) is 4.79 Å². The van der Waals surface area contributed by atoms with E-state index in [-0.39, 0.29) is 11.9 Å². The monoisotopic (exact) mass is 337 g/mol. The van der Waals surface area contributed by atoms with Crippen LogP contribution in [0, 0.1) is 5.92 Å². The predicted molar refractivity (Wildman–Crippen MR) is 96.1 cm³/mol. The summed E-state index contributed by atoms with van der Waals surface area (Å²) in [5, 5.41) is 0. The summed E-state index contributed by atoms with van der Waals surface area (Å²) in [6.45, 7) is 3.29. The van der Waals surface area contributed by atoms with E-state index in [0.29, 0.717) is 12.0 Å². The van der Waals surface area contributed by atoms with Crippen LogP contribution >= 0.6 is 0 Å². The number of benzene rings is 2. The molecule has 5 nitrogen and oxygen atoms in total. The number of piperidine rings is 1. The van der Waals surface area contributed by atoms with Crippen molar-refractivity contribution in [3.63, 3.8) is 0 Å². The summed E-state index contributed by atoms with van der Waals surface area (Å²) in [5.41, 5.74) is 8.03. The summed E-state index contributed by atoms with van der Waals surface area (Å²) in [7, 11) is 0. The van der Waals surface area contributed by atoms with Crippen LogP contribution in [0.5, 0.6) is 11.5 Å². The van der Waals surface area contributed by atoms with Gasteiger partial charge in [0, 0.05) is 32.0 Å². The minimum atomic E-state index is 0.163. The molecule has 0 aliphatic carbocycles. The standard InChI is InChI=1S/C20H23N3O2/c1-14(24)23-12-11-19-18(13-23)20(22-21-19)15-7-9-17(10-8-15)25-16-5-3-2-4-6-16/h2-10,18-22H,11-13H2,1H3. The molecule has 3 unspecified atom stereocenters. The van der Waals surface area contributed by atoms with Crippen molar-refractivity contribution in [1.29, 1.82) is 0 Å². The largest absolute Gasteiger partial charge is 0.457 e. The molecule has 4 rings (SSSR count). The molecule has 2 aliphatic rings. The molecule has 25 heavy (non-hydrogen) atoms.